The van der Waals surface area contributed by atoms with Gasteiger partial charge in [-0.25, -0.2) is 9.18 Å². The van der Waals surface area contributed by atoms with Crippen molar-refractivity contribution < 1.29 is 9.18 Å². The average molecular weight is 340 g/mol. The number of amides is 2. The van der Waals surface area contributed by atoms with Gasteiger partial charge in [0, 0.05) is 19.6 Å². The van der Waals surface area contributed by atoms with Gasteiger partial charge in [-0.2, -0.15) is 0 Å². The number of nitrogens with one attached hydrogen (secondary N) is 1. The molecule has 2 aromatic carbocycles. The highest BCUT2D eigenvalue weighted by Crippen LogP contribution is 2.21. The number of hydrogen-bond acceptors (Lipinski definition) is 1. The highest BCUT2D eigenvalue weighted by Gasteiger charge is 2.22. The summed E-state index contributed by atoms with van der Waals surface area (Å²) >= 11 is 0. The second-order valence-electron chi connectivity index (χ2n) is 6.73. The lowest BCUT2D eigenvalue weighted by Crippen LogP contribution is -2.45. The molecule has 0 bridgehead atoms. The minimum absolute atomic E-state index is 0.0141. The smallest absolute Gasteiger partial charge is 0.317 e. The van der Waals surface area contributed by atoms with Crippen LogP contribution in [0.2, 0.25) is 0 Å². The molecule has 0 spiro atoms. The van der Waals surface area contributed by atoms with Crippen molar-refractivity contribution in [2.45, 2.75) is 25.7 Å². The molecule has 2 aromatic rings. The van der Waals surface area contributed by atoms with Gasteiger partial charge in [0.15, 0.2) is 0 Å². The van der Waals surface area contributed by atoms with E-state index in [2.05, 4.69) is 29.6 Å². The van der Waals surface area contributed by atoms with E-state index in [1.807, 2.05) is 11.0 Å². The fourth-order valence-electron chi connectivity index (χ4n) is 3.36. The third kappa shape index (κ3) is 5.31. The Morgan fingerprint density at radius 3 is 2.36 bits per heavy atom. The zero-order valence-corrected chi connectivity index (χ0v) is 14.5. The van der Waals surface area contributed by atoms with Crippen molar-refractivity contribution in [2.75, 3.05) is 19.6 Å². The van der Waals surface area contributed by atoms with Crippen LogP contribution in [0.25, 0.3) is 0 Å². The Morgan fingerprint density at radius 2 is 1.68 bits per heavy atom. The van der Waals surface area contributed by atoms with Crippen LogP contribution < -0.4 is 5.32 Å². The summed E-state index contributed by atoms with van der Waals surface area (Å²) in [5, 5.41) is 2.97. The number of urea groups is 1. The van der Waals surface area contributed by atoms with Crippen LogP contribution in [-0.2, 0) is 12.8 Å². The first-order chi connectivity index (χ1) is 12.2. The molecule has 25 heavy (non-hydrogen) atoms. The van der Waals surface area contributed by atoms with Gasteiger partial charge in [-0.1, -0.05) is 42.5 Å². The molecular formula is C21H25FN2O. The quantitative estimate of drug-likeness (QED) is 0.875. The maximum Gasteiger partial charge on any atom is 0.317 e. The number of piperidine rings is 1. The first-order valence-electron chi connectivity index (χ1n) is 9.02. The van der Waals surface area contributed by atoms with Gasteiger partial charge in [-0.3, -0.25) is 0 Å². The molecule has 4 heteroatoms. The Morgan fingerprint density at radius 1 is 1.00 bits per heavy atom. The lowest BCUT2D eigenvalue weighted by molar-refractivity contribution is 0.170. The van der Waals surface area contributed by atoms with E-state index in [1.165, 1.54) is 17.7 Å². The largest absolute Gasteiger partial charge is 0.338 e. The zero-order valence-electron chi connectivity index (χ0n) is 14.5. The van der Waals surface area contributed by atoms with E-state index in [-0.39, 0.29) is 11.8 Å². The summed E-state index contributed by atoms with van der Waals surface area (Å²) in [5.41, 5.74) is 2.41. The number of hydrogen-bond donors (Lipinski definition) is 1. The van der Waals surface area contributed by atoms with Crippen LogP contribution in [0.3, 0.4) is 0 Å². The summed E-state index contributed by atoms with van der Waals surface area (Å²) in [6.45, 7) is 2.22. The van der Waals surface area contributed by atoms with Crippen LogP contribution in [-0.4, -0.2) is 30.6 Å². The summed E-state index contributed by atoms with van der Waals surface area (Å²) in [6.07, 6.45) is 3.93. The highest BCUT2D eigenvalue weighted by atomic mass is 19.1. The standard InChI is InChI=1S/C21H25FN2O/c22-20-8-6-17(7-9-20)10-13-23-21(25)24-14-11-19(12-15-24)16-18-4-2-1-3-5-18/h1-9,19H,10-16H2,(H,23,25). The van der Waals surface area contributed by atoms with Gasteiger partial charge < -0.3 is 10.2 Å². The van der Waals surface area contributed by atoms with E-state index in [4.69, 9.17) is 0 Å². The van der Waals surface area contributed by atoms with E-state index in [0.29, 0.717) is 12.5 Å². The predicted molar refractivity (Wildman–Crippen MR) is 97.9 cm³/mol. The molecule has 1 saturated heterocycles. The number of likely N-dealkylation sites (tertiary alicyclic amines) is 1. The van der Waals surface area contributed by atoms with Gasteiger partial charge in [-0.05, 0) is 54.9 Å². The Labute approximate surface area is 148 Å². The number of nitrogens with zero attached hydrogens (tertiary/aromatic N) is 1. The lowest BCUT2D eigenvalue weighted by Gasteiger charge is -2.32. The topological polar surface area (TPSA) is 32.3 Å². The molecule has 0 aliphatic carbocycles. The molecule has 3 nitrogen and oxygen atoms in total. The Balaban J connectivity index is 1.37. The summed E-state index contributed by atoms with van der Waals surface area (Å²) in [5.74, 6) is 0.428. The van der Waals surface area contributed by atoms with Crippen molar-refractivity contribution in [1.29, 1.82) is 0 Å². The van der Waals surface area contributed by atoms with Gasteiger partial charge >= 0.3 is 6.03 Å². The molecule has 1 aliphatic heterocycles. The van der Waals surface area contributed by atoms with Crippen molar-refractivity contribution in [3.8, 4) is 0 Å². The van der Waals surface area contributed by atoms with E-state index in [1.54, 1.807) is 12.1 Å². The third-order valence-electron chi connectivity index (χ3n) is 4.87. The van der Waals surface area contributed by atoms with Crippen LogP contribution in [0, 0.1) is 11.7 Å². The van der Waals surface area contributed by atoms with E-state index in [0.717, 1.165) is 44.3 Å². The summed E-state index contributed by atoms with van der Waals surface area (Å²) in [4.78, 5) is 14.2. The molecule has 0 radical (unpaired) electrons. The number of carbonyl (C=O) groups excluding carboxylic acids is 1. The van der Waals surface area contributed by atoms with E-state index < -0.39 is 0 Å². The maximum absolute atomic E-state index is 12.9. The molecule has 1 aliphatic rings. The van der Waals surface area contributed by atoms with Gasteiger partial charge in [-0.15, -0.1) is 0 Å². The number of halogens is 1. The molecule has 0 aromatic heterocycles. The second kappa shape index (κ2) is 8.65. The Kier molecular flexibility index (Phi) is 6.04. The van der Waals surface area contributed by atoms with E-state index >= 15 is 0 Å². The predicted octanol–water partition coefficient (Wildman–Crippen LogP) is 4.03. The number of benzene rings is 2. The lowest BCUT2D eigenvalue weighted by atomic mass is 9.90. The maximum atomic E-state index is 12.9. The molecule has 1 heterocycles. The molecule has 2 amide bonds. The van der Waals surface area contributed by atoms with Gasteiger partial charge in [0.2, 0.25) is 0 Å². The summed E-state index contributed by atoms with van der Waals surface area (Å²) in [7, 11) is 0. The minimum atomic E-state index is -0.230. The second-order valence-corrected chi connectivity index (χ2v) is 6.73. The van der Waals surface area contributed by atoms with Gasteiger partial charge in [0.25, 0.3) is 0 Å². The SMILES string of the molecule is O=C(NCCc1ccc(F)cc1)N1CCC(Cc2ccccc2)CC1. The fourth-order valence-corrected chi connectivity index (χ4v) is 3.36. The normalized spacial score (nSPS) is 15.2. The molecule has 3 rings (SSSR count). The van der Waals surface area contributed by atoms with Crippen molar-refractivity contribution >= 4 is 6.03 Å². The molecule has 0 unspecified atom stereocenters. The Hall–Kier alpha value is -2.36. The molecule has 0 atom stereocenters. The van der Waals surface area contributed by atoms with Crippen LogP contribution in [0.5, 0.6) is 0 Å². The first-order valence-corrected chi connectivity index (χ1v) is 9.02. The number of carbonyl (C=O) groups is 1. The monoisotopic (exact) mass is 340 g/mol. The first kappa shape index (κ1) is 17.5. The van der Waals surface area contributed by atoms with Crippen molar-refractivity contribution in [2.24, 2.45) is 5.92 Å². The zero-order chi connectivity index (χ0) is 17.5. The summed E-state index contributed by atoms with van der Waals surface area (Å²) in [6, 6.07) is 17.0. The molecule has 1 fully saturated rings. The van der Waals surface area contributed by atoms with Crippen LogP contribution in [0.4, 0.5) is 9.18 Å². The molecular weight excluding hydrogens is 315 g/mol. The van der Waals surface area contributed by atoms with Gasteiger partial charge in [0.05, 0.1) is 0 Å². The van der Waals surface area contributed by atoms with E-state index in [9.17, 15) is 9.18 Å². The minimum Gasteiger partial charge on any atom is -0.338 e. The van der Waals surface area contributed by atoms with Gasteiger partial charge in [0.1, 0.15) is 5.82 Å². The van der Waals surface area contributed by atoms with Crippen LogP contribution in [0.15, 0.2) is 54.6 Å². The van der Waals surface area contributed by atoms with Crippen LogP contribution >= 0.6 is 0 Å². The highest BCUT2D eigenvalue weighted by molar-refractivity contribution is 5.74. The van der Waals surface area contributed by atoms with Crippen molar-refractivity contribution in [3.63, 3.8) is 0 Å². The van der Waals surface area contributed by atoms with Crippen LogP contribution in [0.1, 0.15) is 24.0 Å². The summed E-state index contributed by atoms with van der Waals surface area (Å²) < 4.78 is 12.9. The van der Waals surface area contributed by atoms with Crippen molar-refractivity contribution in [3.05, 3.63) is 71.5 Å². The Bertz CT molecular complexity index is 664. The fraction of sp³-hybridized carbons (Fsp3) is 0.381. The molecule has 132 valence electrons. The number of rotatable bonds is 5. The average Bonchev–Trinajstić information content (AvgIpc) is 2.65. The molecule has 1 N–H and O–H groups in total. The van der Waals surface area contributed by atoms with Crippen molar-refractivity contribution in [1.82, 2.24) is 10.2 Å². The third-order valence-corrected chi connectivity index (χ3v) is 4.87. The molecule has 0 saturated carbocycles.